The van der Waals surface area contributed by atoms with Crippen molar-refractivity contribution in [3.8, 4) is 5.75 Å². The van der Waals surface area contributed by atoms with E-state index in [2.05, 4.69) is 10.0 Å². The molecule has 0 saturated carbocycles. The van der Waals surface area contributed by atoms with Gasteiger partial charge in [0.2, 0.25) is 10.0 Å². The van der Waals surface area contributed by atoms with Crippen LogP contribution in [0.1, 0.15) is 13.3 Å². The number of carbonyl (C=O) groups is 1. The summed E-state index contributed by atoms with van der Waals surface area (Å²) in [6.45, 7) is 1.92. The van der Waals surface area contributed by atoms with Crippen LogP contribution in [0.4, 0.5) is 5.69 Å². The van der Waals surface area contributed by atoms with Gasteiger partial charge in [0.1, 0.15) is 5.75 Å². The molecule has 0 unspecified atom stereocenters. The van der Waals surface area contributed by atoms with Crippen molar-refractivity contribution in [3.05, 3.63) is 52.5 Å². The highest BCUT2D eigenvalue weighted by atomic mass is 35.5. The Morgan fingerprint density at radius 1 is 1.12 bits per heavy atom. The molecule has 0 aliphatic carbocycles. The van der Waals surface area contributed by atoms with Crippen molar-refractivity contribution in [1.29, 1.82) is 0 Å². The quantitative estimate of drug-likeness (QED) is 0.686. The van der Waals surface area contributed by atoms with Crippen LogP contribution in [0.2, 0.25) is 10.0 Å². The largest absolute Gasteiger partial charge is 0.482 e. The van der Waals surface area contributed by atoms with Crippen molar-refractivity contribution in [2.75, 3.05) is 18.5 Å². The molecule has 0 fully saturated rings. The Morgan fingerprint density at radius 2 is 1.81 bits per heavy atom. The van der Waals surface area contributed by atoms with Crippen LogP contribution < -0.4 is 14.8 Å². The van der Waals surface area contributed by atoms with Crippen LogP contribution in [0.25, 0.3) is 0 Å². The van der Waals surface area contributed by atoms with Crippen molar-refractivity contribution in [2.45, 2.75) is 18.2 Å². The standard InChI is InChI=1S/C17H18Cl2N2O4S/c1-2-9-20-26(23,24)14-7-8-16(15(19)10-14)25-11-17(22)21-13-5-3-12(18)4-6-13/h3-8,10,20H,2,9,11H2,1H3,(H,21,22). The average Bonchev–Trinajstić information content (AvgIpc) is 2.61. The summed E-state index contributed by atoms with van der Waals surface area (Å²) in [5.74, 6) is -0.169. The fraction of sp³-hybridized carbons (Fsp3) is 0.235. The van der Waals surface area contributed by atoms with E-state index < -0.39 is 10.0 Å². The van der Waals surface area contributed by atoms with Gasteiger partial charge in [-0.15, -0.1) is 0 Å². The third-order valence-corrected chi connectivity index (χ3v) is 5.25. The molecule has 2 rings (SSSR count). The van der Waals surface area contributed by atoms with Crippen LogP contribution in [0.15, 0.2) is 47.4 Å². The minimum atomic E-state index is -3.62. The number of nitrogens with one attached hydrogen (secondary N) is 2. The normalized spacial score (nSPS) is 11.2. The number of sulfonamides is 1. The second-order valence-corrected chi connectivity index (χ2v) is 7.94. The topological polar surface area (TPSA) is 84.5 Å². The van der Waals surface area contributed by atoms with Crippen LogP contribution in [0.5, 0.6) is 5.75 Å². The fourth-order valence-electron chi connectivity index (χ4n) is 1.96. The van der Waals surface area contributed by atoms with E-state index in [1.54, 1.807) is 24.3 Å². The second-order valence-electron chi connectivity index (χ2n) is 5.33. The Hall–Kier alpha value is -1.80. The Balaban J connectivity index is 1.97. The number of hydrogen-bond acceptors (Lipinski definition) is 4. The van der Waals surface area contributed by atoms with Crippen molar-refractivity contribution in [3.63, 3.8) is 0 Å². The van der Waals surface area contributed by atoms with Crippen LogP contribution >= 0.6 is 23.2 Å². The van der Waals surface area contributed by atoms with Gasteiger partial charge in [0.15, 0.2) is 6.61 Å². The van der Waals surface area contributed by atoms with Gasteiger partial charge in [0.25, 0.3) is 5.91 Å². The molecular weight excluding hydrogens is 399 g/mol. The maximum Gasteiger partial charge on any atom is 0.262 e. The third-order valence-electron chi connectivity index (χ3n) is 3.24. The van der Waals surface area contributed by atoms with Gasteiger partial charge in [-0.05, 0) is 48.9 Å². The Bertz CT molecular complexity index is 871. The van der Waals surface area contributed by atoms with Gasteiger partial charge in [0, 0.05) is 17.3 Å². The first-order chi connectivity index (χ1) is 12.3. The van der Waals surface area contributed by atoms with Crippen LogP contribution in [0.3, 0.4) is 0 Å². The first-order valence-electron chi connectivity index (χ1n) is 7.79. The zero-order valence-electron chi connectivity index (χ0n) is 14.0. The van der Waals surface area contributed by atoms with E-state index in [-0.39, 0.29) is 28.2 Å². The third kappa shape index (κ3) is 5.88. The molecule has 26 heavy (non-hydrogen) atoms. The summed E-state index contributed by atoms with van der Waals surface area (Å²) >= 11 is 11.8. The molecule has 6 nitrogen and oxygen atoms in total. The van der Waals surface area contributed by atoms with E-state index in [1.165, 1.54) is 18.2 Å². The van der Waals surface area contributed by atoms with Crippen LogP contribution in [-0.4, -0.2) is 27.5 Å². The molecular formula is C17H18Cl2N2O4S. The zero-order valence-corrected chi connectivity index (χ0v) is 16.3. The Kier molecular flexibility index (Phi) is 7.28. The molecule has 0 spiro atoms. The monoisotopic (exact) mass is 416 g/mol. The first kappa shape index (κ1) is 20.5. The minimum Gasteiger partial charge on any atom is -0.482 e. The van der Waals surface area contributed by atoms with Gasteiger partial charge in [-0.2, -0.15) is 0 Å². The number of amides is 1. The van der Waals surface area contributed by atoms with Crippen LogP contribution in [0, 0.1) is 0 Å². The highest BCUT2D eigenvalue weighted by molar-refractivity contribution is 7.89. The van der Waals surface area contributed by atoms with Crippen molar-refractivity contribution in [2.24, 2.45) is 0 Å². The predicted octanol–water partition coefficient (Wildman–Crippen LogP) is 3.70. The van der Waals surface area contributed by atoms with E-state index in [0.29, 0.717) is 23.7 Å². The molecule has 0 aromatic heterocycles. The van der Waals surface area contributed by atoms with Gasteiger partial charge >= 0.3 is 0 Å². The molecule has 2 aromatic carbocycles. The highest BCUT2D eigenvalue weighted by Crippen LogP contribution is 2.27. The second kappa shape index (κ2) is 9.23. The Labute approximate surface area is 162 Å². The number of rotatable bonds is 8. The molecule has 2 aromatic rings. The van der Waals surface area contributed by atoms with E-state index >= 15 is 0 Å². The molecule has 9 heteroatoms. The summed E-state index contributed by atoms with van der Waals surface area (Å²) in [7, 11) is -3.62. The van der Waals surface area contributed by atoms with E-state index in [4.69, 9.17) is 27.9 Å². The van der Waals surface area contributed by atoms with E-state index in [1.807, 2.05) is 6.92 Å². The van der Waals surface area contributed by atoms with Crippen LogP contribution in [-0.2, 0) is 14.8 Å². The summed E-state index contributed by atoms with van der Waals surface area (Å²) < 4.78 is 31.9. The predicted molar refractivity (Wildman–Crippen MR) is 103 cm³/mol. The molecule has 2 N–H and O–H groups in total. The number of benzene rings is 2. The summed E-state index contributed by atoms with van der Waals surface area (Å²) in [5.41, 5.74) is 0.581. The number of anilines is 1. The van der Waals surface area contributed by atoms with E-state index in [9.17, 15) is 13.2 Å². The molecule has 0 aliphatic heterocycles. The van der Waals surface area contributed by atoms with Crippen molar-refractivity contribution in [1.82, 2.24) is 4.72 Å². The lowest BCUT2D eigenvalue weighted by Gasteiger charge is -2.11. The number of hydrogen-bond donors (Lipinski definition) is 2. The molecule has 0 aliphatic rings. The molecule has 0 saturated heterocycles. The lowest BCUT2D eigenvalue weighted by atomic mass is 10.3. The summed E-state index contributed by atoms with van der Waals surface area (Å²) in [6, 6.07) is 10.7. The summed E-state index contributed by atoms with van der Waals surface area (Å²) in [6.07, 6.45) is 0.677. The molecule has 0 heterocycles. The highest BCUT2D eigenvalue weighted by Gasteiger charge is 2.16. The molecule has 0 radical (unpaired) electrons. The van der Waals surface area contributed by atoms with Crippen molar-refractivity contribution >= 4 is 44.8 Å². The van der Waals surface area contributed by atoms with Gasteiger partial charge < -0.3 is 10.1 Å². The Morgan fingerprint density at radius 3 is 2.42 bits per heavy atom. The SMILES string of the molecule is CCCNS(=O)(=O)c1ccc(OCC(=O)Nc2ccc(Cl)cc2)c(Cl)c1. The fourth-order valence-corrected chi connectivity index (χ4v) is 3.54. The average molecular weight is 417 g/mol. The molecule has 1 amide bonds. The van der Waals surface area contributed by atoms with Crippen molar-refractivity contribution < 1.29 is 17.9 Å². The van der Waals surface area contributed by atoms with Gasteiger partial charge in [-0.3, -0.25) is 4.79 Å². The maximum absolute atomic E-state index is 12.1. The minimum absolute atomic E-state index is 0.0360. The number of carbonyl (C=O) groups excluding carboxylic acids is 1. The molecule has 0 atom stereocenters. The van der Waals surface area contributed by atoms with Gasteiger partial charge in [-0.25, -0.2) is 13.1 Å². The smallest absolute Gasteiger partial charge is 0.262 e. The summed E-state index contributed by atoms with van der Waals surface area (Å²) in [4.78, 5) is 11.9. The maximum atomic E-state index is 12.1. The lowest BCUT2D eigenvalue weighted by molar-refractivity contribution is -0.118. The molecule has 0 bridgehead atoms. The lowest BCUT2D eigenvalue weighted by Crippen LogP contribution is -2.24. The first-order valence-corrected chi connectivity index (χ1v) is 10.0. The van der Waals surface area contributed by atoms with Gasteiger partial charge in [0.05, 0.1) is 9.92 Å². The number of halogens is 2. The number of ether oxygens (including phenoxy) is 1. The van der Waals surface area contributed by atoms with E-state index in [0.717, 1.165) is 0 Å². The zero-order chi connectivity index (χ0) is 19.2. The molecule has 140 valence electrons. The van der Waals surface area contributed by atoms with Gasteiger partial charge in [-0.1, -0.05) is 30.1 Å². The summed E-state index contributed by atoms with van der Waals surface area (Å²) in [5, 5.41) is 3.31.